The van der Waals surface area contributed by atoms with Crippen LogP contribution in [0.15, 0.2) is 30.9 Å². The maximum absolute atomic E-state index is 13.1. The Morgan fingerprint density at radius 2 is 2.31 bits per heavy atom. The van der Waals surface area contributed by atoms with Crippen LogP contribution in [-0.4, -0.2) is 12.2 Å². The second kappa shape index (κ2) is 6.28. The maximum atomic E-state index is 13.1. The van der Waals surface area contributed by atoms with Crippen molar-refractivity contribution in [2.75, 3.05) is 7.11 Å². The number of benzene rings is 1. The minimum absolute atomic E-state index is 0.167. The highest BCUT2D eigenvalue weighted by atomic mass is 19.1. The van der Waals surface area contributed by atoms with Crippen molar-refractivity contribution in [3.05, 3.63) is 42.2 Å². The van der Waals surface area contributed by atoms with Crippen molar-refractivity contribution in [3.8, 4) is 5.75 Å². The highest BCUT2D eigenvalue weighted by molar-refractivity contribution is 5.31. The molecule has 0 aliphatic carbocycles. The minimum Gasteiger partial charge on any atom is -0.494 e. The average molecular weight is 224 g/mol. The van der Waals surface area contributed by atoms with E-state index in [0.29, 0.717) is 12.0 Å². The van der Waals surface area contributed by atoms with E-state index in [4.69, 9.17) is 4.74 Å². The summed E-state index contributed by atoms with van der Waals surface area (Å²) in [5, 5.41) is 9.85. The third-order valence-electron chi connectivity index (χ3n) is 2.45. The monoisotopic (exact) mass is 224 g/mol. The number of unbranched alkanes of at least 4 members (excludes halogenated alkanes) is 1. The van der Waals surface area contributed by atoms with E-state index < -0.39 is 11.9 Å². The fourth-order valence-corrected chi connectivity index (χ4v) is 1.51. The molecule has 2 nitrogen and oxygen atoms in total. The van der Waals surface area contributed by atoms with Crippen molar-refractivity contribution in [2.45, 2.75) is 25.4 Å². The molecule has 0 bridgehead atoms. The molecule has 0 aliphatic heterocycles. The number of ether oxygens (including phenoxy) is 1. The summed E-state index contributed by atoms with van der Waals surface area (Å²) in [6.07, 6.45) is 3.62. The Hall–Kier alpha value is -1.35. The molecule has 1 atom stereocenters. The first-order valence-electron chi connectivity index (χ1n) is 5.31. The summed E-state index contributed by atoms with van der Waals surface area (Å²) >= 11 is 0. The Labute approximate surface area is 95.4 Å². The molecule has 0 saturated carbocycles. The summed E-state index contributed by atoms with van der Waals surface area (Å²) in [7, 11) is 1.41. The smallest absolute Gasteiger partial charge is 0.165 e. The predicted octanol–water partition coefficient (Wildman–Crippen LogP) is 3.22. The first-order chi connectivity index (χ1) is 7.69. The molecule has 0 spiro atoms. The molecule has 1 aromatic carbocycles. The molecular weight excluding hydrogens is 207 g/mol. The molecule has 0 amide bonds. The van der Waals surface area contributed by atoms with Crippen molar-refractivity contribution in [1.29, 1.82) is 0 Å². The molecule has 1 N–H and O–H groups in total. The van der Waals surface area contributed by atoms with Crippen LogP contribution >= 0.6 is 0 Å². The van der Waals surface area contributed by atoms with Crippen molar-refractivity contribution in [1.82, 2.24) is 0 Å². The molecule has 1 aromatic rings. The highest BCUT2D eigenvalue weighted by Gasteiger charge is 2.10. The Balaban J connectivity index is 2.67. The molecule has 0 aliphatic rings. The maximum Gasteiger partial charge on any atom is 0.165 e. The summed E-state index contributed by atoms with van der Waals surface area (Å²) in [5.74, 6) is -0.246. The van der Waals surface area contributed by atoms with E-state index in [9.17, 15) is 9.50 Å². The van der Waals surface area contributed by atoms with Gasteiger partial charge in [0.15, 0.2) is 11.6 Å². The number of methoxy groups -OCH3 is 1. The zero-order valence-corrected chi connectivity index (χ0v) is 9.45. The number of halogens is 1. The number of rotatable bonds is 6. The molecule has 0 aromatic heterocycles. The number of allylic oxidation sites excluding steroid dienone is 1. The molecule has 88 valence electrons. The lowest BCUT2D eigenvalue weighted by molar-refractivity contribution is 0.164. The van der Waals surface area contributed by atoms with Gasteiger partial charge in [-0.25, -0.2) is 4.39 Å². The van der Waals surface area contributed by atoms with Gasteiger partial charge < -0.3 is 9.84 Å². The molecule has 0 fully saturated rings. The standard InChI is InChI=1S/C13H17FO2/c1-3-4-5-6-12(15)10-7-8-11(14)13(9-10)16-2/h3,7-9,12,15H,1,4-6H2,2H3. The first-order valence-corrected chi connectivity index (χ1v) is 5.31. The van der Waals surface area contributed by atoms with Gasteiger partial charge in [-0.3, -0.25) is 0 Å². The van der Waals surface area contributed by atoms with Crippen LogP contribution in [0.3, 0.4) is 0 Å². The third kappa shape index (κ3) is 3.35. The minimum atomic E-state index is -0.575. The second-order valence-electron chi connectivity index (χ2n) is 3.63. The van der Waals surface area contributed by atoms with Gasteiger partial charge in [-0.2, -0.15) is 0 Å². The van der Waals surface area contributed by atoms with Crippen LogP contribution < -0.4 is 4.74 Å². The van der Waals surface area contributed by atoms with Gasteiger partial charge in [0.1, 0.15) is 0 Å². The Morgan fingerprint density at radius 1 is 1.56 bits per heavy atom. The topological polar surface area (TPSA) is 29.5 Å². The molecule has 1 rings (SSSR count). The van der Waals surface area contributed by atoms with Gasteiger partial charge in [0.05, 0.1) is 13.2 Å². The lowest BCUT2D eigenvalue weighted by atomic mass is 10.0. The van der Waals surface area contributed by atoms with Crippen molar-refractivity contribution in [2.24, 2.45) is 0 Å². The van der Waals surface area contributed by atoms with Crippen molar-refractivity contribution >= 4 is 0 Å². The van der Waals surface area contributed by atoms with Gasteiger partial charge >= 0.3 is 0 Å². The lowest BCUT2D eigenvalue weighted by Gasteiger charge is -2.11. The van der Waals surface area contributed by atoms with E-state index in [2.05, 4.69) is 6.58 Å². The van der Waals surface area contributed by atoms with Crippen molar-refractivity contribution in [3.63, 3.8) is 0 Å². The number of hydrogen-bond donors (Lipinski definition) is 1. The van der Waals surface area contributed by atoms with E-state index in [0.717, 1.165) is 12.8 Å². The highest BCUT2D eigenvalue weighted by Crippen LogP contribution is 2.25. The van der Waals surface area contributed by atoms with Gasteiger partial charge in [0.2, 0.25) is 0 Å². The van der Waals surface area contributed by atoms with E-state index in [-0.39, 0.29) is 5.75 Å². The molecular formula is C13H17FO2. The second-order valence-corrected chi connectivity index (χ2v) is 3.63. The SMILES string of the molecule is C=CCCCC(O)c1ccc(F)c(OC)c1. The molecule has 0 heterocycles. The summed E-state index contributed by atoms with van der Waals surface area (Å²) in [5.41, 5.74) is 0.683. The van der Waals surface area contributed by atoms with E-state index in [1.54, 1.807) is 6.07 Å². The van der Waals surface area contributed by atoms with Crippen molar-refractivity contribution < 1.29 is 14.2 Å². The Morgan fingerprint density at radius 3 is 2.94 bits per heavy atom. The molecule has 3 heteroatoms. The van der Waals surface area contributed by atoms with Crippen LogP contribution in [0.25, 0.3) is 0 Å². The Bertz CT molecular complexity index is 350. The van der Waals surface area contributed by atoms with Crippen LogP contribution in [0.5, 0.6) is 5.75 Å². The molecule has 16 heavy (non-hydrogen) atoms. The van der Waals surface area contributed by atoms with E-state index in [1.807, 2.05) is 6.08 Å². The van der Waals surface area contributed by atoms with Gasteiger partial charge in [-0.15, -0.1) is 6.58 Å². The zero-order valence-electron chi connectivity index (χ0n) is 9.45. The van der Waals surface area contributed by atoms with E-state index in [1.165, 1.54) is 19.2 Å². The summed E-state index contributed by atoms with van der Waals surface area (Å²) < 4.78 is 18.0. The van der Waals surface area contributed by atoms with Crippen LogP contribution in [0.4, 0.5) is 4.39 Å². The summed E-state index contributed by atoms with van der Waals surface area (Å²) in [6.45, 7) is 3.62. The Kier molecular flexibility index (Phi) is 4.99. The largest absolute Gasteiger partial charge is 0.494 e. The molecule has 0 saturated heterocycles. The number of hydrogen-bond acceptors (Lipinski definition) is 2. The van der Waals surface area contributed by atoms with Gasteiger partial charge in [0.25, 0.3) is 0 Å². The lowest BCUT2D eigenvalue weighted by Crippen LogP contribution is -1.99. The van der Waals surface area contributed by atoms with Gasteiger partial charge in [-0.05, 0) is 37.0 Å². The fourth-order valence-electron chi connectivity index (χ4n) is 1.51. The van der Waals surface area contributed by atoms with Crippen LogP contribution in [0.2, 0.25) is 0 Å². The summed E-state index contributed by atoms with van der Waals surface area (Å²) in [6, 6.07) is 4.43. The van der Waals surface area contributed by atoms with Crippen LogP contribution in [0, 0.1) is 5.82 Å². The quantitative estimate of drug-likeness (QED) is 0.594. The summed E-state index contributed by atoms with van der Waals surface area (Å²) in [4.78, 5) is 0. The third-order valence-corrected chi connectivity index (χ3v) is 2.45. The predicted molar refractivity (Wildman–Crippen MR) is 62.0 cm³/mol. The molecule has 0 radical (unpaired) electrons. The fraction of sp³-hybridized carbons (Fsp3) is 0.385. The molecule has 1 unspecified atom stereocenters. The first kappa shape index (κ1) is 12.7. The average Bonchev–Trinajstić information content (AvgIpc) is 2.30. The number of aliphatic hydroxyl groups is 1. The van der Waals surface area contributed by atoms with Crippen LogP contribution in [-0.2, 0) is 0 Å². The number of aliphatic hydroxyl groups excluding tert-OH is 1. The normalized spacial score (nSPS) is 12.2. The van der Waals surface area contributed by atoms with Gasteiger partial charge in [0, 0.05) is 0 Å². The van der Waals surface area contributed by atoms with Crippen LogP contribution in [0.1, 0.15) is 30.9 Å². The van der Waals surface area contributed by atoms with Gasteiger partial charge in [-0.1, -0.05) is 12.1 Å². The van der Waals surface area contributed by atoms with E-state index >= 15 is 0 Å². The zero-order chi connectivity index (χ0) is 12.0.